The quantitative estimate of drug-likeness (QED) is 0.330. The predicted octanol–water partition coefficient (Wildman–Crippen LogP) is 5.24. The van der Waals surface area contributed by atoms with Crippen LogP contribution < -0.4 is 14.4 Å². The molecule has 1 amide bonds. The average molecular weight is 538 g/mol. The number of sulfonamides is 1. The highest BCUT2D eigenvalue weighted by Gasteiger charge is 2.27. The first kappa shape index (κ1) is 25.2. The van der Waals surface area contributed by atoms with Crippen molar-refractivity contribution in [3.8, 4) is 5.75 Å². The fourth-order valence-electron chi connectivity index (χ4n) is 4.24. The van der Waals surface area contributed by atoms with E-state index in [4.69, 9.17) is 14.5 Å². The van der Waals surface area contributed by atoms with E-state index in [1.165, 1.54) is 30.6 Å². The number of thiazole rings is 1. The maximum Gasteiger partial charge on any atom is 0.261 e. The maximum absolute atomic E-state index is 13.7. The molecule has 37 heavy (non-hydrogen) atoms. The third-order valence-corrected chi connectivity index (χ3v) is 8.69. The number of hydrogen-bond donors (Lipinski definition) is 1. The van der Waals surface area contributed by atoms with Crippen molar-refractivity contribution >= 4 is 48.3 Å². The molecule has 0 spiro atoms. The van der Waals surface area contributed by atoms with Crippen molar-refractivity contribution in [2.45, 2.75) is 30.8 Å². The van der Waals surface area contributed by atoms with Crippen LogP contribution in [0.2, 0.25) is 0 Å². The van der Waals surface area contributed by atoms with E-state index in [-0.39, 0.29) is 16.9 Å². The molecule has 1 atom stereocenters. The summed E-state index contributed by atoms with van der Waals surface area (Å²) in [7, 11) is -2.27. The summed E-state index contributed by atoms with van der Waals surface area (Å²) in [6, 6.07) is 18.5. The van der Waals surface area contributed by atoms with Crippen molar-refractivity contribution in [2.75, 3.05) is 29.9 Å². The predicted molar refractivity (Wildman–Crippen MR) is 145 cm³/mol. The fraction of sp³-hybridized carbons (Fsp3) is 0.259. The van der Waals surface area contributed by atoms with Gasteiger partial charge in [0, 0.05) is 17.9 Å². The molecule has 1 aliphatic rings. The van der Waals surface area contributed by atoms with Crippen molar-refractivity contribution < 1.29 is 22.7 Å². The molecule has 5 rings (SSSR count). The molecule has 192 valence electrons. The molecule has 0 saturated carbocycles. The molecule has 10 heteroatoms. The molecule has 1 N–H and O–H groups in total. The molecule has 1 aromatic heterocycles. The highest BCUT2D eigenvalue weighted by molar-refractivity contribution is 7.92. The SMILES string of the molecule is COc1ccc(S(=O)(=O)Nc2ccc(C(=O)N(CC3CCCO3)c3nc4c(C)cccc4s3)cc2)cc1. The van der Waals surface area contributed by atoms with E-state index < -0.39 is 10.0 Å². The lowest BCUT2D eigenvalue weighted by Crippen LogP contribution is -2.37. The monoisotopic (exact) mass is 537 g/mol. The van der Waals surface area contributed by atoms with Crippen LogP contribution in [0.1, 0.15) is 28.8 Å². The summed E-state index contributed by atoms with van der Waals surface area (Å²) in [6.07, 6.45) is 1.81. The van der Waals surface area contributed by atoms with Crippen molar-refractivity contribution in [3.05, 3.63) is 77.9 Å². The number of rotatable bonds is 8. The summed E-state index contributed by atoms with van der Waals surface area (Å²) in [6.45, 7) is 3.10. The minimum absolute atomic E-state index is 0.0485. The summed E-state index contributed by atoms with van der Waals surface area (Å²) in [5.74, 6) is 0.356. The zero-order valence-corrected chi connectivity index (χ0v) is 22.1. The van der Waals surface area contributed by atoms with Crippen LogP contribution in [-0.2, 0) is 14.8 Å². The van der Waals surface area contributed by atoms with Gasteiger partial charge in [-0.1, -0.05) is 23.5 Å². The number of aryl methyl sites for hydroxylation is 1. The van der Waals surface area contributed by atoms with E-state index >= 15 is 0 Å². The Morgan fingerprint density at radius 2 is 1.89 bits per heavy atom. The lowest BCUT2D eigenvalue weighted by Gasteiger charge is -2.23. The third-order valence-electron chi connectivity index (χ3n) is 6.25. The number of carbonyl (C=O) groups excluding carboxylic acids is 1. The number of carbonyl (C=O) groups is 1. The summed E-state index contributed by atoms with van der Waals surface area (Å²) in [5.41, 5.74) is 2.73. The Balaban J connectivity index is 1.38. The Kier molecular flexibility index (Phi) is 7.14. The van der Waals surface area contributed by atoms with E-state index in [1.807, 2.05) is 25.1 Å². The van der Waals surface area contributed by atoms with Crippen molar-refractivity contribution in [1.29, 1.82) is 0 Å². The van der Waals surface area contributed by atoms with Crippen LogP contribution in [-0.4, -0.2) is 45.7 Å². The normalized spacial score (nSPS) is 15.6. The number of nitrogens with zero attached hydrogens (tertiary/aromatic N) is 2. The number of aromatic nitrogens is 1. The van der Waals surface area contributed by atoms with Gasteiger partial charge in [0.25, 0.3) is 15.9 Å². The fourth-order valence-corrected chi connectivity index (χ4v) is 6.35. The number of para-hydroxylation sites is 1. The molecule has 2 heterocycles. The van der Waals surface area contributed by atoms with E-state index in [0.29, 0.717) is 35.3 Å². The van der Waals surface area contributed by atoms with E-state index in [0.717, 1.165) is 28.6 Å². The lowest BCUT2D eigenvalue weighted by atomic mass is 10.1. The maximum atomic E-state index is 13.7. The molecule has 0 radical (unpaired) electrons. The molecular weight excluding hydrogens is 510 g/mol. The highest BCUT2D eigenvalue weighted by atomic mass is 32.2. The molecule has 0 bridgehead atoms. The Bertz CT molecular complexity index is 1510. The molecule has 3 aromatic carbocycles. The first-order valence-corrected chi connectivity index (χ1v) is 14.2. The molecule has 1 saturated heterocycles. The Labute approximate surface area is 219 Å². The van der Waals surface area contributed by atoms with E-state index in [1.54, 1.807) is 41.3 Å². The zero-order valence-electron chi connectivity index (χ0n) is 20.5. The van der Waals surface area contributed by atoms with Crippen molar-refractivity contribution in [3.63, 3.8) is 0 Å². The van der Waals surface area contributed by atoms with Gasteiger partial charge in [-0.3, -0.25) is 14.4 Å². The topological polar surface area (TPSA) is 97.8 Å². The largest absolute Gasteiger partial charge is 0.497 e. The van der Waals surface area contributed by atoms with Crippen LogP contribution in [0.25, 0.3) is 10.2 Å². The summed E-state index contributed by atoms with van der Waals surface area (Å²) in [4.78, 5) is 20.2. The van der Waals surface area contributed by atoms with Gasteiger partial charge in [-0.2, -0.15) is 0 Å². The molecular formula is C27H27N3O5S2. The molecule has 0 aliphatic carbocycles. The summed E-state index contributed by atoms with van der Waals surface area (Å²) < 4.78 is 40.0. The van der Waals surface area contributed by atoms with Gasteiger partial charge in [-0.05, 0) is 79.9 Å². The van der Waals surface area contributed by atoms with Crippen LogP contribution in [0.5, 0.6) is 5.75 Å². The van der Waals surface area contributed by atoms with E-state index in [2.05, 4.69) is 4.72 Å². The Hall–Kier alpha value is -3.47. The Morgan fingerprint density at radius 3 is 2.54 bits per heavy atom. The first-order chi connectivity index (χ1) is 17.8. The van der Waals surface area contributed by atoms with Gasteiger partial charge in [0.1, 0.15) is 5.75 Å². The number of anilines is 2. The number of methoxy groups -OCH3 is 1. The summed E-state index contributed by atoms with van der Waals surface area (Å²) in [5, 5.41) is 0.620. The van der Waals surface area contributed by atoms with Crippen LogP contribution in [0, 0.1) is 6.92 Å². The molecule has 1 aliphatic heterocycles. The van der Waals surface area contributed by atoms with Gasteiger partial charge < -0.3 is 9.47 Å². The van der Waals surface area contributed by atoms with Gasteiger partial charge in [0.2, 0.25) is 0 Å². The number of nitrogens with one attached hydrogen (secondary N) is 1. The van der Waals surface area contributed by atoms with Crippen molar-refractivity contribution in [1.82, 2.24) is 4.98 Å². The van der Waals surface area contributed by atoms with Crippen LogP contribution >= 0.6 is 11.3 Å². The molecule has 1 fully saturated rings. The van der Waals surface area contributed by atoms with Gasteiger partial charge in [-0.15, -0.1) is 0 Å². The highest BCUT2D eigenvalue weighted by Crippen LogP contribution is 2.32. The lowest BCUT2D eigenvalue weighted by molar-refractivity contribution is 0.0917. The number of hydrogen-bond acceptors (Lipinski definition) is 7. The standard InChI is InChI=1S/C27H27N3O5S2/c1-18-5-3-7-24-25(18)28-27(36-24)30(17-22-6-4-16-35-22)26(31)19-8-10-20(11-9-19)29-37(32,33)23-14-12-21(34-2)13-15-23/h3,5,7-15,22,29H,4,6,16-17H2,1-2H3. The second-order valence-electron chi connectivity index (χ2n) is 8.83. The number of amides is 1. The van der Waals surface area contributed by atoms with Gasteiger partial charge in [0.05, 0.1) is 34.9 Å². The third kappa shape index (κ3) is 5.46. The van der Waals surface area contributed by atoms with Gasteiger partial charge in [0.15, 0.2) is 5.13 Å². The molecule has 4 aromatic rings. The smallest absolute Gasteiger partial charge is 0.261 e. The van der Waals surface area contributed by atoms with Gasteiger partial charge >= 0.3 is 0 Å². The average Bonchev–Trinajstić information content (AvgIpc) is 3.58. The van der Waals surface area contributed by atoms with Crippen molar-refractivity contribution in [2.24, 2.45) is 0 Å². The molecule has 8 nitrogen and oxygen atoms in total. The van der Waals surface area contributed by atoms with E-state index in [9.17, 15) is 13.2 Å². The van der Waals surface area contributed by atoms with Crippen LogP contribution in [0.4, 0.5) is 10.8 Å². The number of ether oxygens (including phenoxy) is 2. The number of benzene rings is 3. The minimum Gasteiger partial charge on any atom is -0.497 e. The van der Waals surface area contributed by atoms with Crippen LogP contribution in [0.3, 0.4) is 0 Å². The summed E-state index contributed by atoms with van der Waals surface area (Å²) >= 11 is 1.47. The number of fused-ring (bicyclic) bond motifs is 1. The minimum atomic E-state index is -3.79. The first-order valence-electron chi connectivity index (χ1n) is 11.9. The Morgan fingerprint density at radius 1 is 1.14 bits per heavy atom. The van der Waals surface area contributed by atoms with Crippen LogP contribution in [0.15, 0.2) is 71.6 Å². The molecule has 1 unspecified atom stereocenters. The second-order valence-corrected chi connectivity index (χ2v) is 11.5. The second kappa shape index (κ2) is 10.5. The zero-order chi connectivity index (χ0) is 26.0. The van der Waals surface area contributed by atoms with Gasteiger partial charge in [-0.25, -0.2) is 13.4 Å².